The number of halogens is 5. The Hall–Kier alpha value is -1.41. The molecule has 2 unspecified atom stereocenters. The van der Waals surface area contributed by atoms with Crippen molar-refractivity contribution < 1.29 is 41.0 Å². The maximum atomic E-state index is 13.8. The van der Waals surface area contributed by atoms with Crippen molar-refractivity contribution in [3.8, 4) is 0 Å². The van der Waals surface area contributed by atoms with Gasteiger partial charge in [-0.3, -0.25) is 9.59 Å². The number of alkyl halides is 5. The third-order valence-corrected chi connectivity index (χ3v) is 8.25. The molecule has 0 amide bonds. The van der Waals surface area contributed by atoms with E-state index in [9.17, 15) is 31.5 Å². The van der Waals surface area contributed by atoms with Gasteiger partial charge in [0.15, 0.2) is 6.61 Å². The second kappa shape index (κ2) is 11.8. The monoisotopic (exact) mass is 516 g/mol. The molecule has 4 nitrogen and oxygen atoms in total. The number of hydrogen-bond donors (Lipinski definition) is 0. The van der Waals surface area contributed by atoms with Gasteiger partial charge in [-0.2, -0.15) is 22.0 Å². The van der Waals surface area contributed by atoms with Gasteiger partial charge in [-0.25, -0.2) is 0 Å². The SMILES string of the molecule is CCC(C(=O)OCC(F)(F)C(F)(F)F)C(CC)(CC)OC(=O)C(C)(CC(C)(C)CC)C(C)(C)CC. The minimum Gasteiger partial charge on any atom is -0.459 e. The Morgan fingerprint density at radius 1 is 0.771 bits per heavy atom. The van der Waals surface area contributed by atoms with Crippen molar-refractivity contribution in [3.63, 3.8) is 0 Å². The summed E-state index contributed by atoms with van der Waals surface area (Å²) in [4.78, 5) is 26.6. The van der Waals surface area contributed by atoms with Crippen LogP contribution in [0.1, 0.15) is 108 Å². The maximum absolute atomic E-state index is 13.8. The van der Waals surface area contributed by atoms with E-state index in [2.05, 4.69) is 18.6 Å². The molecule has 0 N–H and O–H groups in total. The number of carbonyl (C=O) groups is 2. The molecule has 2 atom stereocenters. The standard InChI is InChI=1S/C26H45F5O4/c1-11-18(19(32)34-17-25(27,28)26(29,30)31)24(14-4,15-5)35-20(33)23(10,22(8,9)13-3)16-21(6,7)12-2/h18H,11-17H2,1-10H3. The molecule has 0 aromatic carbocycles. The van der Waals surface area contributed by atoms with Crippen molar-refractivity contribution in [2.45, 2.75) is 125 Å². The number of hydrogen-bond acceptors (Lipinski definition) is 4. The molecule has 0 heterocycles. The van der Waals surface area contributed by atoms with E-state index in [0.29, 0.717) is 12.8 Å². The molecule has 0 saturated carbocycles. The van der Waals surface area contributed by atoms with Crippen LogP contribution in [-0.4, -0.2) is 36.2 Å². The van der Waals surface area contributed by atoms with Gasteiger partial charge in [0.1, 0.15) is 5.60 Å². The topological polar surface area (TPSA) is 52.6 Å². The van der Waals surface area contributed by atoms with E-state index < -0.39 is 53.0 Å². The second-order valence-electron chi connectivity index (χ2n) is 11.2. The highest BCUT2D eigenvalue weighted by Crippen LogP contribution is 2.51. The molecule has 0 aromatic rings. The lowest BCUT2D eigenvalue weighted by Crippen LogP contribution is -2.53. The van der Waals surface area contributed by atoms with Crippen molar-refractivity contribution in [3.05, 3.63) is 0 Å². The fourth-order valence-corrected chi connectivity index (χ4v) is 4.41. The van der Waals surface area contributed by atoms with Crippen LogP contribution >= 0.6 is 0 Å². The molecule has 0 spiro atoms. The van der Waals surface area contributed by atoms with Crippen LogP contribution in [0.2, 0.25) is 0 Å². The third-order valence-electron chi connectivity index (χ3n) is 8.25. The van der Waals surface area contributed by atoms with Crippen molar-refractivity contribution in [1.82, 2.24) is 0 Å². The fourth-order valence-electron chi connectivity index (χ4n) is 4.41. The van der Waals surface area contributed by atoms with Crippen LogP contribution in [0.25, 0.3) is 0 Å². The zero-order chi connectivity index (χ0) is 28.1. The lowest BCUT2D eigenvalue weighted by atomic mass is 9.58. The van der Waals surface area contributed by atoms with Crippen LogP contribution in [0.15, 0.2) is 0 Å². The summed E-state index contributed by atoms with van der Waals surface area (Å²) in [6.45, 7) is 16.8. The van der Waals surface area contributed by atoms with Crippen LogP contribution < -0.4 is 0 Å². The molecular weight excluding hydrogens is 471 g/mol. The quantitative estimate of drug-likeness (QED) is 0.173. The Bertz CT molecular complexity index is 711. The predicted molar refractivity (Wildman–Crippen MR) is 126 cm³/mol. The average molecular weight is 517 g/mol. The van der Waals surface area contributed by atoms with Crippen LogP contribution in [-0.2, 0) is 19.1 Å². The van der Waals surface area contributed by atoms with Crippen LogP contribution in [0.3, 0.4) is 0 Å². The summed E-state index contributed by atoms with van der Waals surface area (Å²) in [5.74, 6) is -8.12. The Balaban J connectivity index is 6.22. The van der Waals surface area contributed by atoms with Crippen LogP contribution in [0.4, 0.5) is 22.0 Å². The maximum Gasteiger partial charge on any atom is 0.456 e. The minimum atomic E-state index is -5.84. The lowest BCUT2D eigenvalue weighted by molar-refractivity contribution is -0.295. The molecule has 0 aliphatic carbocycles. The molecule has 0 radical (unpaired) electrons. The first-order valence-corrected chi connectivity index (χ1v) is 12.5. The smallest absolute Gasteiger partial charge is 0.456 e. The van der Waals surface area contributed by atoms with Crippen molar-refractivity contribution in [2.24, 2.45) is 22.2 Å². The van der Waals surface area contributed by atoms with E-state index in [1.54, 1.807) is 20.8 Å². The van der Waals surface area contributed by atoms with E-state index >= 15 is 0 Å². The van der Waals surface area contributed by atoms with Gasteiger partial charge in [-0.15, -0.1) is 0 Å². The van der Waals surface area contributed by atoms with Gasteiger partial charge in [0, 0.05) is 0 Å². The number of ether oxygens (including phenoxy) is 2. The largest absolute Gasteiger partial charge is 0.459 e. The number of carbonyl (C=O) groups excluding carboxylic acids is 2. The zero-order valence-corrected chi connectivity index (χ0v) is 23.0. The minimum absolute atomic E-state index is 0.0414. The lowest BCUT2D eigenvalue weighted by Gasteiger charge is -2.48. The van der Waals surface area contributed by atoms with Crippen LogP contribution in [0, 0.1) is 22.2 Å². The molecule has 0 rings (SSSR count). The van der Waals surface area contributed by atoms with Gasteiger partial charge >= 0.3 is 24.0 Å². The van der Waals surface area contributed by atoms with E-state index in [4.69, 9.17) is 4.74 Å². The van der Waals surface area contributed by atoms with Gasteiger partial charge in [-0.1, -0.05) is 68.7 Å². The molecule has 0 bridgehead atoms. The van der Waals surface area contributed by atoms with Crippen LogP contribution in [0.5, 0.6) is 0 Å². The zero-order valence-electron chi connectivity index (χ0n) is 23.0. The second-order valence-corrected chi connectivity index (χ2v) is 11.2. The highest BCUT2D eigenvalue weighted by atomic mass is 19.4. The highest BCUT2D eigenvalue weighted by Gasteiger charge is 2.59. The molecule has 9 heteroatoms. The van der Waals surface area contributed by atoms with Crippen molar-refractivity contribution >= 4 is 11.9 Å². The Morgan fingerprint density at radius 2 is 1.26 bits per heavy atom. The van der Waals surface area contributed by atoms with E-state index in [-0.39, 0.29) is 24.7 Å². The summed E-state index contributed by atoms with van der Waals surface area (Å²) in [6, 6.07) is 0. The summed E-state index contributed by atoms with van der Waals surface area (Å²) in [5, 5.41) is 0. The normalized spacial score (nSPS) is 16.4. The molecule has 0 saturated heterocycles. The first-order valence-electron chi connectivity index (χ1n) is 12.5. The number of rotatable bonds is 14. The molecule has 208 valence electrons. The summed E-state index contributed by atoms with van der Waals surface area (Å²) in [6.07, 6.45) is -3.46. The fraction of sp³-hybridized carbons (Fsp3) is 0.923. The summed E-state index contributed by atoms with van der Waals surface area (Å²) >= 11 is 0. The molecule has 35 heavy (non-hydrogen) atoms. The van der Waals surface area contributed by atoms with Gasteiger partial charge in [0.25, 0.3) is 0 Å². The highest BCUT2D eigenvalue weighted by molar-refractivity contribution is 5.80. The Kier molecular flexibility index (Phi) is 11.3. The molecule has 0 aromatic heterocycles. The van der Waals surface area contributed by atoms with Crippen molar-refractivity contribution in [2.75, 3.05) is 6.61 Å². The number of esters is 2. The predicted octanol–water partition coefficient (Wildman–Crippen LogP) is 8.12. The summed E-state index contributed by atoms with van der Waals surface area (Å²) < 4.78 is 74.9. The molecule has 0 aliphatic heterocycles. The first kappa shape index (κ1) is 33.6. The first-order chi connectivity index (χ1) is 15.7. The summed E-state index contributed by atoms with van der Waals surface area (Å²) in [5.41, 5.74) is -3.01. The Labute approximate surface area is 207 Å². The van der Waals surface area contributed by atoms with Gasteiger partial charge < -0.3 is 9.47 Å². The van der Waals surface area contributed by atoms with E-state index in [0.717, 1.165) is 6.42 Å². The van der Waals surface area contributed by atoms with E-state index in [1.807, 2.05) is 34.6 Å². The van der Waals surface area contributed by atoms with Gasteiger partial charge in [-0.05, 0) is 49.9 Å². The van der Waals surface area contributed by atoms with Crippen molar-refractivity contribution in [1.29, 1.82) is 0 Å². The Morgan fingerprint density at radius 3 is 1.60 bits per heavy atom. The van der Waals surface area contributed by atoms with Gasteiger partial charge in [0.2, 0.25) is 0 Å². The van der Waals surface area contributed by atoms with E-state index in [1.165, 1.54) is 0 Å². The van der Waals surface area contributed by atoms with Gasteiger partial charge in [0.05, 0.1) is 11.3 Å². The molecule has 0 aliphatic rings. The summed E-state index contributed by atoms with van der Waals surface area (Å²) in [7, 11) is 0. The molecule has 0 fully saturated rings. The molecular formula is C26H45F5O4. The average Bonchev–Trinajstić information content (AvgIpc) is 2.75. The third kappa shape index (κ3) is 7.54.